The molecule has 0 aliphatic carbocycles. The third kappa shape index (κ3) is 4.21. The Kier molecular flexibility index (Phi) is 5.95. The van der Waals surface area contributed by atoms with Gasteiger partial charge in [-0.15, -0.1) is 0 Å². The Bertz CT molecular complexity index is 1240. The zero-order valence-corrected chi connectivity index (χ0v) is 17.6. The van der Waals surface area contributed by atoms with E-state index < -0.39 is 22.3 Å². The molecule has 0 saturated carbocycles. The molecule has 2 N–H and O–H groups in total. The van der Waals surface area contributed by atoms with Gasteiger partial charge in [-0.25, -0.2) is 4.79 Å². The predicted octanol–water partition coefficient (Wildman–Crippen LogP) is 0.762. The van der Waals surface area contributed by atoms with Crippen molar-refractivity contribution in [1.82, 2.24) is 19.1 Å². The molecule has 1 aromatic carbocycles. The first kappa shape index (κ1) is 21.6. The molecule has 4 rings (SSSR count). The summed E-state index contributed by atoms with van der Waals surface area (Å²) in [6, 6.07) is 5.55. The van der Waals surface area contributed by atoms with Crippen LogP contribution in [0.3, 0.4) is 0 Å². The number of nitro groups is 1. The van der Waals surface area contributed by atoms with Crippen LogP contribution in [0.25, 0.3) is 11.2 Å². The van der Waals surface area contributed by atoms with Crippen molar-refractivity contribution >= 4 is 22.8 Å². The Labute approximate surface area is 181 Å². The third-order valence-electron chi connectivity index (χ3n) is 5.51. The number of imidazole rings is 1. The summed E-state index contributed by atoms with van der Waals surface area (Å²) in [7, 11) is 1.53. The molecule has 1 aliphatic heterocycles. The minimum atomic E-state index is -0.997. The number of aryl methyl sites for hydroxylation is 1. The molecular weight excluding hydrogens is 420 g/mol. The van der Waals surface area contributed by atoms with Gasteiger partial charge in [0.15, 0.2) is 11.2 Å². The van der Waals surface area contributed by atoms with Gasteiger partial charge in [0.2, 0.25) is 5.95 Å². The zero-order chi connectivity index (χ0) is 22.8. The summed E-state index contributed by atoms with van der Waals surface area (Å²) in [6.45, 7) is 1.46. The highest BCUT2D eigenvalue weighted by molar-refractivity contribution is 5.74. The topological polar surface area (TPSA) is 149 Å². The first-order valence-electron chi connectivity index (χ1n) is 10.3. The number of hydrogen-bond acceptors (Lipinski definition) is 8. The van der Waals surface area contributed by atoms with Crippen LogP contribution in [0.1, 0.15) is 19.3 Å². The number of aromatic amines is 1. The molecule has 1 fully saturated rings. The third-order valence-corrected chi connectivity index (χ3v) is 5.51. The Morgan fingerprint density at radius 3 is 2.56 bits per heavy atom. The summed E-state index contributed by atoms with van der Waals surface area (Å²) in [4.78, 5) is 43.8. The van der Waals surface area contributed by atoms with Crippen molar-refractivity contribution < 1.29 is 14.8 Å². The van der Waals surface area contributed by atoms with Crippen molar-refractivity contribution in [2.45, 2.75) is 31.9 Å². The summed E-state index contributed by atoms with van der Waals surface area (Å²) in [5.41, 5.74) is -0.717. The smallest absolute Gasteiger partial charge is 0.329 e. The number of benzene rings is 1. The molecule has 3 aromatic rings. The quantitative estimate of drug-likeness (QED) is 0.401. The summed E-state index contributed by atoms with van der Waals surface area (Å²) in [5, 5.41) is 21.4. The van der Waals surface area contributed by atoms with Gasteiger partial charge in [-0.2, -0.15) is 4.98 Å². The van der Waals surface area contributed by atoms with E-state index in [-0.39, 0.29) is 30.0 Å². The average Bonchev–Trinajstić information content (AvgIpc) is 3.17. The molecule has 0 amide bonds. The van der Waals surface area contributed by atoms with Gasteiger partial charge >= 0.3 is 5.69 Å². The number of aliphatic hydroxyl groups excluding tert-OH is 1. The molecular formula is C20H24N6O6. The molecule has 1 atom stereocenters. The number of aromatic nitrogens is 4. The van der Waals surface area contributed by atoms with Gasteiger partial charge < -0.3 is 19.3 Å². The van der Waals surface area contributed by atoms with Crippen LogP contribution >= 0.6 is 0 Å². The van der Waals surface area contributed by atoms with Gasteiger partial charge in [-0.3, -0.25) is 24.5 Å². The molecule has 3 heterocycles. The predicted molar refractivity (Wildman–Crippen MR) is 116 cm³/mol. The number of nitrogens with zero attached hydrogens (tertiary/aromatic N) is 5. The van der Waals surface area contributed by atoms with Crippen molar-refractivity contribution in [2.75, 3.05) is 24.6 Å². The fraction of sp³-hybridized carbons (Fsp3) is 0.450. The molecule has 1 aliphatic rings. The number of piperidine rings is 1. The average molecular weight is 444 g/mol. The summed E-state index contributed by atoms with van der Waals surface area (Å²) >= 11 is 0. The fourth-order valence-corrected chi connectivity index (χ4v) is 3.85. The standard InChI is InChI=1S/C20H24N6O6/c1-23-17-16(18(28)22-20(23)29)25(19(21-17)24-9-3-2-4-10-24)11-14(27)12-32-15-7-5-13(6-8-15)26(30)31/h5-8,14,27H,2-4,9-12H2,1H3,(H,22,28,29)/t14-/m0/s1. The van der Waals surface area contributed by atoms with E-state index >= 15 is 0 Å². The highest BCUT2D eigenvalue weighted by atomic mass is 16.6. The van der Waals surface area contributed by atoms with E-state index in [1.165, 1.54) is 35.9 Å². The number of H-pyrrole nitrogens is 1. The van der Waals surface area contributed by atoms with Gasteiger partial charge in [0, 0.05) is 32.3 Å². The van der Waals surface area contributed by atoms with Crippen molar-refractivity contribution in [2.24, 2.45) is 7.05 Å². The molecule has 0 unspecified atom stereocenters. The van der Waals surface area contributed by atoms with E-state index in [2.05, 4.69) is 14.9 Å². The van der Waals surface area contributed by atoms with E-state index in [1.54, 1.807) is 4.57 Å². The number of nitro benzene ring substituents is 1. The molecule has 0 spiro atoms. The maximum Gasteiger partial charge on any atom is 0.329 e. The highest BCUT2D eigenvalue weighted by Gasteiger charge is 2.24. The lowest BCUT2D eigenvalue weighted by Crippen LogP contribution is -2.34. The summed E-state index contributed by atoms with van der Waals surface area (Å²) in [6.07, 6.45) is 2.10. The molecule has 32 heavy (non-hydrogen) atoms. The zero-order valence-electron chi connectivity index (χ0n) is 17.6. The number of non-ortho nitro benzene ring substituents is 1. The molecule has 12 nitrogen and oxygen atoms in total. The second-order valence-electron chi connectivity index (χ2n) is 7.78. The van der Waals surface area contributed by atoms with Crippen LogP contribution in [0.4, 0.5) is 11.6 Å². The minimum absolute atomic E-state index is 0.0244. The van der Waals surface area contributed by atoms with Crippen molar-refractivity contribution in [3.8, 4) is 5.75 Å². The van der Waals surface area contributed by atoms with E-state index in [9.17, 15) is 24.8 Å². The monoisotopic (exact) mass is 444 g/mol. The number of fused-ring (bicyclic) bond motifs is 1. The van der Waals surface area contributed by atoms with E-state index in [0.717, 1.165) is 32.4 Å². The second kappa shape index (κ2) is 8.83. The Morgan fingerprint density at radius 1 is 1.22 bits per heavy atom. The lowest BCUT2D eigenvalue weighted by atomic mass is 10.1. The van der Waals surface area contributed by atoms with E-state index in [0.29, 0.717) is 11.7 Å². The Hall–Kier alpha value is -3.67. The van der Waals surface area contributed by atoms with E-state index in [1.807, 2.05) is 0 Å². The van der Waals surface area contributed by atoms with Crippen LogP contribution in [0.2, 0.25) is 0 Å². The number of nitrogens with one attached hydrogen (secondary N) is 1. The van der Waals surface area contributed by atoms with Gasteiger partial charge in [0.1, 0.15) is 18.5 Å². The van der Waals surface area contributed by atoms with Crippen molar-refractivity contribution in [3.05, 3.63) is 55.2 Å². The minimum Gasteiger partial charge on any atom is -0.491 e. The first-order valence-corrected chi connectivity index (χ1v) is 10.3. The fourth-order valence-electron chi connectivity index (χ4n) is 3.85. The second-order valence-corrected chi connectivity index (χ2v) is 7.78. The molecule has 170 valence electrons. The molecule has 12 heteroatoms. The van der Waals surface area contributed by atoms with Gasteiger partial charge in [0.05, 0.1) is 11.5 Å². The summed E-state index contributed by atoms with van der Waals surface area (Å²) in [5.74, 6) is 0.905. The van der Waals surface area contributed by atoms with Gasteiger partial charge in [-0.1, -0.05) is 0 Å². The van der Waals surface area contributed by atoms with Crippen LogP contribution in [-0.2, 0) is 13.6 Å². The van der Waals surface area contributed by atoms with Crippen LogP contribution in [0.15, 0.2) is 33.9 Å². The summed E-state index contributed by atoms with van der Waals surface area (Å²) < 4.78 is 8.47. The number of hydrogen-bond donors (Lipinski definition) is 2. The maximum atomic E-state index is 12.6. The van der Waals surface area contributed by atoms with Crippen molar-refractivity contribution in [3.63, 3.8) is 0 Å². The van der Waals surface area contributed by atoms with Gasteiger partial charge in [0.25, 0.3) is 11.2 Å². The first-order chi connectivity index (χ1) is 15.3. The number of anilines is 1. The number of rotatable bonds is 7. The maximum absolute atomic E-state index is 12.6. The van der Waals surface area contributed by atoms with Crippen LogP contribution < -0.4 is 20.9 Å². The lowest BCUT2D eigenvalue weighted by Gasteiger charge is -2.28. The lowest BCUT2D eigenvalue weighted by molar-refractivity contribution is -0.384. The Morgan fingerprint density at radius 2 is 1.91 bits per heavy atom. The normalized spacial score (nSPS) is 15.1. The highest BCUT2D eigenvalue weighted by Crippen LogP contribution is 2.24. The number of aliphatic hydroxyl groups is 1. The van der Waals surface area contributed by atoms with Crippen molar-refractivity contribution in [1.29, 1.82) is 0 Å². The van der Waals surface area contributed by atoms with Crippen LogP contribution in [0.5, 0.6) is 5.75 Å². The van der Waals surface area contributed by atoms with Gasteiger partial charge in [-0.05, 0) is 31.4 Å². The molecule has 1 saturated heterocycles. The van der Waals surface area contributed by atoms with E-state index in [4.69, 9.17) is 4.74 Å². The van der Waals surface area contributed by atoms with Crippen LogP contribution in [0, 0.1) is 10.1 Å². The molecule has 0 radical (unpaired) electrons. The SMILES string of the molecule is Cn1c(=O)[nH]c(=O)c2c1nc(N1CCCCC1)n2C[C@H](O)COc1ccc([N+](=O)[O-])cc1. The van der Waals surface area contributed by atoms with Crippen LogP contribution in [-0.4, -0.2) is 54.9 Å². The molecule has 0 bridgehead atoms. The largest absolute Gasteiger partial charge is 0.491 e. The molecule has 2 aromatic heterocycles. The Balaban J connectivity index is 1.60. The number of ether oxygens (including phenoxy) is 1.